The summed E-state index contributed by atoms with van der Waals surface area (Å²) in [5, 5.41) is 4.58. The molecule has 3 aromatic rings. The zero-order chi connectivity index (χ0) is 17.8. The van der Waals surface area contributed by atoms with Crippen LogP contribution in [-0.4, -0.2) is 16.1 Å². The van der Waals surface area contributed by atoms with E-state index < -0.39 is 0 Å². The summed E-state index contributed by atoms with van der Waals surface area (Å²) in [6, 6.07) is 17.8. The molecule has 128 valence electrons. The van der Waals surface area contributed by atoms with Crippen molar-refractivity contribution in [3.05, 3.63) is 72.0 Å². The number of hydrogen-bond acceptors (Lipinski definition) is 3. The molecule has 3 rings (SSSR count). The molecular formula is C20H19FN2OS. The fourth-order valence-electron chi connectivity index (χ4n) is 2.51. The third-order valence-corrected chi connectivity index (χ3v) is 5.00. The minimum Gasteiger partial charge on any atom is -0.349 e. The zero-order valence-electron chi connectivity index (χ0n) is 14.1. The first-order valence-electron chi connectivity index (χ1n) is 8.11. The van der Waals surface area contributed by atoms with E-state index in [4.69, 9.17) is 0 Å². The average molecular weight is 354 g/mol. The molecule has 1 amide bonds. The van der Waals surface area contributed by atoms with Gasteiger partial charge in [-0.3, -0.25) is 4.79 Å². The van der Waals surface area contributed by atoms with Crippen molar-refractivity contribution >= 4 is 28.6 Å². The van der Waals surface area contributed by atoms with Gasteiger partial charge in [0.25, 0.3) is 0 Å². The summed E-state index contributed by atoms with van der Waals surface area (Å²) in [7, 11) is 0. The number of carbonyl (C=O) groups excluding carboxylic acids is 1. The Morgan fingerprint density at radius 1 is 1.04 bits per heavy atom. The van der Waals surface area contributed by atoms with Crippen molar-refractivity contribution in [1.29, 1.82) is 0 Å². The first-order valence-corrected chi connectivity index (χ1v) is 8.99. The van der Waals surface area contributed by atoms with Crippen LogP contribution in [-0.2, 0) is 4.79 Å². The molecule has 3 nitrogen and oxygen atoms in total. The van der Waals surface area contributed by atoms with Crippen molar-refractivity contribution in [3.63, 3.8) is 0 Å². The minimum atomic E-state index is -0.284. The van der Waals surface area contributed by atoms with Crippen molar-refractivity contribution in [2.45, 2.75) is 30.2 Å². The predicted molar refractivity (Wildman–Crippen MR) is 100 cm³/mol. The third kappa shape index (κ3) is 4.37. The monoisotopic (exact) mass is 354 g/mol. The number of nitrogens with zero attached hydrogens (tertiary/aromatic N) is 1. The highest BCUT2D eigenvalue weighted by atomic mass is 32.2. The average Bonchev–Trinajstić information content (AvgIpc) is 2.62. The second-order valence-corrected chi connectivity index (χ2v) is 7.25. The van der Waals surface area contributed by atoms with Gasteiger partial charge in [-0.1, -0.05) is 48.2 Å². The molecule has 25 heavy (non-hydrogen) atoms. The summed E-state index contributed by atoms with van der Waals surface area (Å²) in [6.07, 6.45) is 0. The lowest BCUT2D eigenvalue weighted by molar-refractivity contribution is -0.120. The van der Waals surface area contributed by atoms with Crippen molar-refractivity contribution in [2.24, 2.45) is 0 Å². The van der Waals surface area contributed by atoms with E-state index in [9.17, 15) is 9.18 Å². The summed E-state index contributed by atoms with van der Waals surface area (Å²) in [5.74, 6) is -0.356. The van der Waals surface area contributed by atoms with Crippen LogP contribution in [0.25, 0.3) is 10.9 Å². The van der Waals surface area contributed by atoms with Gasteiger partial charge >= 0.3 is 0 Å². The molecule has 2 atom stereocenters. The second-order valence-electron chi connectivity index (χ2n) is 5.88. The van der Waals surface area contributed by atoms with Crippen molar-refractivity contribution < 1.29 is 9.18 Å². The number of aromatic nitrogens is 1. The largest absolute Gasteiger partial charge is 0.349 e. The van der Waals surface area contributed by atoms with Gasteiger partial charge in [0.1, 0.15) is 5.82 Å². The maximum Gasteiger partial charge on any atom is 0.233 e. The number of thioether (sulfide) groups is 1. The number of pyridine rings is 1. The number of para-hydroxylation sites is 1. The lowest BCUT2D eigenvalue weighted by Gasteiger charge is -2.17. The summed E-state index contributed by atoms with van der Waals surface area (Å²) < 4.78 is 13.0. The molecule has 0 radical (unpaired) electrons. The molecule has 5 heteroatoms. The molecule has 1 aromatic heterocycles. The van der Waals surface area contributed by atoms with Gasteiger partial charge in [0, 0.05) is 5.39 Å². The number of fused-ring (bicyclic) bond motifs is 1. The van der Waals surface area contributed by atoms with Gasteiger partial charge in [-0.05, 0) is 43.7 Å². The van der Waals surface area contributed by atoms with Gasteiger partial charge < -0.3 is 5.32 Å². The molecule has 1 heterocycles. The second kappa shape index (κ2) is 7.66. The summed E-state index contributed by atoms with van der Waals surface area (Å²) >= 11 is 1.42. The van der Waals surface area contributed by atoms with E-state index in [1.807, 2.05) is 50.2 Å². The predicted octanol–water partition coefficient (Wildman–Crippen LogP) is 4.73. The molecule has 0 saturated carbocycles. The summed E-state index contributed by atoms with van der Waals surface area (Å²) in [4.78, 5) is 17.0. The number of carbonyl (C=O) groups is 1. The Hall–Kier alpha value is -2.40. The Balaban J connectivity index is 1.64. The van der Waals surface area contributed by atoms with Crippen LogP contribution in [0.15, 0.2) is 65.7 Å². The van der Waals surface area contributed by atoms with E-state index >= 15 is 0 Å². The highest BCUT2D eigenvalue weighted by Gasteiger charge is 2.18. The number of amides is 1. The fourth-order valence-corrected chi connectivity index (χ4v) is 3.35. The SMILES string of the molecule is C[C@H](Sc1ccc2ccccc2n1)C(=O)N[C@@H](C)c1ccc(F)cc1. The van der Waals surface area contributed by atoms with Crippen LogP contribution in [0.3, 0.4) is 0 Å². The Labute approximate surface area is 150 Å². The van der Waals surface area contributed by atoms with Gasteiger partial charge in [-0.15, -0.1) is 0 Å². The summed E-state index contributed by atoms with van der Waals surface area (Å²) in [6.45, 7) is 3.74. The molecular weight excluding hydrogens is 335 g/mol. The normalized spacial score (nSPS) is 13.4. The van der Waals surface area contributed by atoms with Crippen LogP contribution in [0.4, 0.5) is 4.39 Å². The number of halogens is 1. The lowest BCUT2D eigenvalue weighted by Crippen LogP contribution is -2.33. The highest BCUT2D eigenvalue weighted by Crippen LogP contribution is 2.24. The summed E-state index contributed by atoms with van der Waals surface area (Å²) in [5.41, 5.74) is 1.79. The Kier molecular flexibility index (Phi) is 5.34. The number of nitrogens with one attached hydrogen (secondary N) is 1. The molecule has 0 bridgehead atoms. The van der Waals surface area contributed by atoms with Gasteiger partial charge in [0.15, 0.2) is 0 Å². The highest BCUT2D eigenvalue weighted by molar-refractivity contribution is 8.00. The van der Waals surface area contributed by atoms with E-state index in [-0.39, 0.29) is 23.0 Å². The number of benzene rings is 2. The van der Waals surface area contributed by atoms with Crippen LogP contribution in [0.5, 0.6) is 0 Å². The molecule has 0 fully saturated rings. The topological polar surface area (TPSA) is 42.0 Å². The Morgan fingerprint density at radius 3 is 2.52 bits per heavy atom. The molecule has 0 spiro atoms. The lowest BCUT2D eigenvalue weighted by atomic mass is 10.1. The van der Waals surface area contributed by atoms with Gasteiger partial charge in [0.05, 0.1) is 21.8 Å². The molecule has 0 aliphatic heterocycles. The van der Waals surface area contributed by atoms with Crippen LogP contribution in [0, 0.1) is 5.82 Å². The maximum absolute atomic E-state index is 13.0. The van der Waals surface area contributed by atoms with Crippen LogP contribution >= 0.6 is 11.8 Å². The van der Waals surface area contributed by atoms with Crippen LogP contribution in [0.1, 0.15) is 25.5 Å². The standard InChI is InChI=1S/C20H19FN2OS/c1-13(15-7-10-17(21)11-8-15)22-20(24)14(2)25-19-12-9-16-5-3-4-6-18(16)23-19/h3-14H,1-2H3,(H,22,24)/t13-,14-/m0/s1. The van der Waals surface area contributed by atoms with E-state index in [2.05, 4.69) is 10.3 Å². The van der Waals surface area contributed by atoms with Gasteiger partial charge in [-0.2, -0.15) is 0 Å². The van der Waals surface area contributed by atoms with Crippen molar-refractivity contribution in [1.82, 2.24) is 10.3 Å². The third-order valence-electron chi connectivity index (χ3n) is 3.97. The number of hydrogen-bond donors (Lipinski definition) is 1. The van der Waals surface area contributed by atoms with E-state index in [0.29, 0.717) is 0 Å². The zero-order valence-corrected chi connectivity index (χ0v) is 14.9. The van der Waals surface area contributed by atoms with E-state index in [1.54, 1.807) is 12.1 Å². The molecule has 0 aliphatic carbocycles. The molecule has 0 aliphatic rings. The van der Waals surface area contributed by atoms with Crippen molar-refractivity contribution in [3.8, 4) is 0 Å². The molecule has 2 aromatic carbocycles. The molecule has 1 N–H and O–H groups in total. The maximum atomic E-state index is 13.0. The quantitative estimate of drug-likeness (QED) is 0.674. The van der Waals surface area contributed by atoms with Crippen LogP contribution in [0.2, 0.25) is 0 Å². The fraction of sp³-hybridized carbons (Fsp3) is 0.200. The molecule has 0 unspecified atom stereocenters. The smallest absolute Gasteiger partial charge is 0.233 e. The van der Waals surface area contributed by atoms with Gasteiger partial charge in [0.2, 0.25) is 5.91 Å². The van der Waals surface area contributed by atoms with Crippen molar-refractivity contribution in [2.75, 3.05) is 0 Å². The number of rotatable bonds is 5. The van der Waals surface area contributed by atoms with Crippen LogP contribution < -0.4 is 5.32 Å². The van der Waals surface area contributed by atoms with Gasteiger partial charge in [-0.25, -0.2) is 9.37 Å². The van der Waals surface area contributed by atoms with E-state index in [0.717, 1.165) is 21.5 Å². The first kappa shape index (κ1) is 17.4. The minimum absolute atomic E-state index is 0.0724. The Bertz CT molecular complexity index is 882. The first-order chi connectivity index (χ1) is 12.0. The molecule has 0 saturated heterocycles. The Morgan fingerprint density at radius 2 is 1.76 bits per heavy atom. The van der Waals surface area contributed by atoms with E-state index in [1.165, 1.54) is 23.9 Å².